The number of rotatable bonds is 8. The molecule has 2 aromatic carbocycles. The molecule has 0 aromatic heterocycles. The lowest BCUT2D eigenvalue weighted by Gasteiger charge is -2.25. The Morgan fingerprint density at radius 3 is 1.77 bits per heavy atom. The predicted molar refractivity (Wildman–Crippen MR) is 111 cm³/mol. The largest absolute Gasteiger partial charge is 0.457 e. The zero-order chi connectivity index (χ0) is 22.1. The summed E-state index contributed by atoms with van der Waals surface area (Å²) in [5, 5.41) is 0. The number of carbonyl (C=O) groups is 3. The number of esters is 3. The summed E-state index contributed by atoms with van der Waals surface area (Å²) in [4.78, 5) is 35.7. The smallest absolute Gasteiger partial charge is 0.333 e. The Labute approximate surface area is 180 Å². The molecule has 3 rings (SSSR count). The van der Waals surface area contributed by atoms with E-state index in [1.807, 2.05) is 18.2 Å². The van der Waals surface area contributed by atoms with Gasteiger partial charge in [0.2, 0.25) is 6.79 Å². The molecule has 7 heteroatoms. The van der Waals surface area contributed by atoms with Crippen LogP contribution >= 0.6 is 0 Å². The summed E-state index contributed by atoms with van der Waals surface area (Å²) in [7, 11) is 0. The fourth-order valence-electron chi connectivity index (χ4n) is 3.27. The molecule has 162 valence electrons. The molecule has 31 heavy (non-hydrogen) atoms. The van der Waals surface area contributed by atoms with Crippen molar-refractivity contribution in [3.05, 3.63) is 67.3 Å². The van der Waals surface area contributed by atoms with Crippen LogP contribution in [0.4, 0.5) is 0 Å². The maximum atomic E-state index is 12.5. The first-order chi connectivity index (χ1) is 15.0. The van der Waals surface area contributed by atoms with Crippen LogP contribution in [0.2, 0.25) is 0 Å². The third-order valence-corrected chi connectivity index (χ3v) is 4.99. The van der Waals surface area contributed by atoms with Crippen molar-refractivity contribution in [2.75, 3.05) is 6.79 Å². The van der Waals surface area contributed by atoms with Crippen molar-refractivity contribution in [2.45, 2.75) is 25.7 Å². The molecule has 0 unspecified atom stereocenters. The zero-order valence-electron chi connectivity index (χ0n) is 17.0. The summed E-state index contributed by atoms with van der Waals surface area (Å²) in [6.45, 7) is 3.06. The van der Waals surface area contributed by atoms with E-state index in [4.69, 9.17) is 18.9 Å². The van der Waals surface area contributed by atoms with E-state index in [9.17, 15) is 14.4 Å². The Balaban J connectivity index is 1.42. The molecule has 2 aromatic rings. The van der Waals surface area contributed by atoms with E-state index >= 15 is 0 Å². The summed E-state index contributed by atoms with van der Waals surface area (Å²) in [6.07, 6.45) is 3.36. The zero-order valence-corrected chi connectivity index (χ0v) is 17.0. The lowest BCUT2D eigenvalue weighted by atomic mass is 9.82. The summed E-state index contributed by atoms with van der Waals surface area (Å²) in [6, 6.07) is 15.4. The number of carbonyl (C=O) groups excluding carboxylic acids is 3. The molecule has 1 aliphatic rings. The average Bonchev–Trinajstić information content (AvgIpc) is 2.80. The van der Waals surface area contributed by atoms with Gasteiger partial charge in [-0.3, -0.25) is 9.59 Å². The summed E-state index contributed by atoms with van der Waals surface area (Å²) in [5.74, 6) is -0.226. The minimum Gasteiger partial charge on any atom is -0.457 e. The lowest BCUT2D eigenvalue weighted by molar-refractivity contribution is -0.145. The van der Waals surface area contributed by atoms with Crippen molar-refractivity contribution in [3.8, 4) is 17.2 Å². The number of hydrogen-bond donors (Lipinski definition) is 0. The number of hydrogen-bond acceptors (Lipinski definition) is 7. The minimum absolute atomic E-state index is 0.212. The highest BCUT2D eigenvalue weighted by molar-refractivity contribution is 5.81. The van der Waals surface area contributed by atoms with Gasteiger partial charge in [-0.2, -0.15) is 0 Å². The van der Waals surface area contributed by atoms with Gasteiger partial charge in [-0.25, -0.2) is 4.79 Å². The second-order valence-electron chi connectivity index (χ2n) is 7.10. The molecule has 1 aliphatic carbocycles. The molecule has 1 saturated carbocycles. The van der Waals surface area contributed by atoms with Gasteiger partial charge in [-0.1, -0.05) is 24.8 Å². The Kier molecular flexibility index (Phi) is 7.81. The highest BCUT2D eigenvalue weighted by Crippen LogP contribution is 2.31. The molecule has 0 radical (unpaired) electrons. The van der Waals surface area contributed by atoms with Crippen LogP contribution in [-0.2, 0) is 19.1 Å². The summed E-state index contributed by atoms with van der Waals surface area (Å²) < 4.78 is 20.8. The number of benzene rings is 2. The monoisotopic (exact) mass is 424 g/mol. The molecular weight excluding hydrogens is 400 g/mol. The second-order valence-corrected chi connectivity index (χ2v) is 7.10. The van der Waals surface area contributed by atoms with E-state index in [0.29, 0.717) is 42.9 Å². The molecule has 0 heterocycles. The van der Waals surface area contributed by atoms with Crippen molar-refractivity contribution in [1.82, 2.24) is 0 Å². The molecule has 0 atom stereocenters. The minimum atomic E-state index is -0.575. The molecule has 0 saturated heterocycles. The Morgan fingerprint density at radius 2 is 1.26 bits per heavy atom. The first-order valence-corrected chi connectivity index (χ1v) is 10.1. The van der Waals surface area contributed by atoms with Crippen LogP contribution in [0.15, 0.2) is 67.3 Å². The molecule has 0 amide bonds. The maximum Gasteiger partial charge on any atom is 0.333 e. The third-order valence-electron chi connectivity index (χ3n) is 4.99. The maximum absolute atomic E-state index is 12.5. The Morgan fingerprint density at radius 1 is 0.774 bits per heavy atom. The van der Waals surface area contributed by atoms with Gasteiger partial charge in [-0.05, 0) is 62.1 Å². The van der Waals surface area contributed by atoms with E-state index < -0.39 is 5.97 Å². The van der Waals surface area contributed by atoms with Crippen molar-refractivity contribution < 1.29 is 33.3 Å². The van der Waals surface area contributed by atoms with Gasteiger partial charge in [0, 0.05) is 6.08 Å². The van der Waals surface area contributed by atoms with Crippen molar-refractivity contribution in [1.29, 1.82) is 0 Å². The van der Waals surface area contributed by atoms with Crippen LogP contribution < -0.4 is 14.2 Å². The fraction of sp³-hybridized carbons (Fsp3) is 0.292. The first kappa shape index (κ1) is 22.1. The topological polar surface area (TPSA) is 88.1 Å². The standard InChI is InChI=1S/C24H24O7/c1-2-22(25)29-16-28-19-12-14-21(15-13-19)31-24(27)18-10-8-17(9-11-18)23(26)30-20-6-4-3-5-7-20/h2-7,12-15,17-18H,1,8-11,16H2/t17-,18-. The quantitative estimate of drug-likeness (QED) is 0.273. The van der Waals surface area contributed by atoms with Crippen LogP contribution in [0.1, 0.15) is 25.7 Å². The summed E-state index contributed by atoms with van der Waals surface area (Å²) >= 11 is 0. The first-order valence-electron chi connectivity index (χ1n) is 10.1. The van der Waals surface area contributed by atoms with Gasteiger partial charge in [-0.15, -0.1) is 0 Å². The Bertz CT molecular complexity index is 897. The average molecular weight is 424 g/mol. The molecule has 0 bridgehead atoms. The highest BCUT2D eigenvalue weighted by atomic mass is 16.7. The van der Waals surface area contributed by atoms with Crippen LogP contribution in [0.3, 0.4) is 0 Å². The van der Waals surface area contributed by atoms with Crippen LogP contribution in [0.25, 0.3) is 0 Å². The van der Waals surface area contributed by atoms with Crippen LogP contribution in [0.5, 0.6) is 17.2 Å². The normalized spacial score (nSPS) is 17.8. The van der Waals surface area contributed by atoms with Gasteiger partial charge in [0.1, 0.15) is 17.2 Å². The SMILES string of the molecule is C=CC(=O)OCOc1ccc(OC(=O)[C@H]2CC[C@H](C(=O)Oc3ccccc3)CC2)cc1. The van der Waals surface area contributed by atoms with Crippen molar-refractivity contribution in [3.63, 3.8) is 0 Å². The van der Waals surface area contributed by atoms with E-state index in [1.54, 1.807) is 36.4 Å². The molecule has 1 fully saturated rings. The molecule has 7 nitrogen and oxygen atoms in total. The Hall–Kier alpha value is -3.61. The molecule has 0 aliphatic heterocycles. The van der Waals surface area contributed by atoms with E-state index in [-0.39, 0.29) is 30.6 Å². The lowest BCUT2D eigenvalue weighted by Crippen LogP contribution is -2.30. The predicted octanol–water partition coefficient (Wildman–Crippen LogP) is 4.07. The molecular formula is C24H24O7. The number of ether oxygens (including phenoxy) is 4. The van der Waals surface area contributed by atoms with Gasteiger partial charge in [0.25, 0.3) is 0 Å². The van der Waals surface area contributed by atoms with Crippen LogP contribution in [-0.4, -0.2) is 24.7 Å². The van der Waals surface area contributed by atoms with Crippen molar-refractivity contribution >= 4 is 17.9 Å². The third kappa shape index (κ3) is 6.70. The summed E-state index contributed by atoms with van der Waals surface area (Å²) in [5.41, 5.74) is 0. The fourth-order valence-corrected chi connectivity index (χ4v) is 3.27. The second kappa shape index (κ2) is 11.0. The molecule has 0 spiro atoms. The van der Waals surface area contributed by atoms with E-state index in [0.717, 1.165) is 6.08 Å². The van der Waals surface area contributed by atoms with Gasteiger partial charge in [0.05, 0.1) is 11.8 Å². The van der Waals surface area contributed by atoms with Gasteiger partial charge >= 0.3 is 17.9 Å². The van der Waals surface area contributed by atoms with Crippen LogP contribution in [0, 0.1) is 11.8 Å². The van der Waals surface area contributed by atoms with Gasteiger partial charge in [0.15, 0.2) is 0 Å². The van der Waals surface area contributed by atoms with E-state index in [2.05, 4.69) is 6.58 Å². The number of para-hydroxylation sites is 1. The van der Waals surface area contributed by atoms with Crippen molar-refractivity contribution in [2.24, 2.45) is 11.8 Å². The highest BCUT2D eigenvalue weighted by Gasteiger charge is 2.32. The molecule has 0 N–H and O–H groups in total. The van der Waals surface area contributed by atoms with E-state index in [1.165, 1.54) is 0 Å². The van der Waals surface area contributed by atoms with Gasteiger partial charge < -0.3 is 18.9 Å².